The lowest BCUT2D eigenvalue weighted by molar-refractivity contribution is 0.124. The fourth-order valence-electron chi connectivity index (χ4n) is 3.25. The Kier molecular flexibility index (Phi) is 3.66. The largest absolute Gasteiger partial charge is 0.398 e. The second-order valence-electron chi connectivity index (χ2n) is 6.21. The zero-order valence-corrected chi connectivity index (χ0v) is 12.3. The first-order valence-electron chi connectivity index (χ1n) is 7.70. The molecule has 0 radical (unpaired) electrons. The van der Waals surface area contributed by atoms with Crippen molar-refractivity contribution in [1.29, 1.82) is 0 Å². The van der Waals surface area contributed by atoms with Crippen LogP contribution in [0.1, 0.15) is 38.2 Å². The highest BCUT2D eigenvalue weighted by molar-refractivity contribution is 5.86. The molecule has 3 N–H and O–H groups in total. The van der Waals surface area contributed by atoms with Crippen molar-refractivity contribution >= 4 is 16.5 Å². The molecule has 1 fully saturated rings. The quantitative estimate of drug-likeness (QED) is 0.801. The van der Waals surface area contributed by atoms with Crippen molar-refractivity contribution in [3.05, 3.63) is 42.0 Å². The van der Waals surface area contributed by atoms with E-state index in [2.05, 4.69) is 48.6 Å². The molecule has 2 heteroatoms. The van der Waals surface area contributed by atoms with Crippen LogP contribution < -0.4 is 11.1 Å². The zero-order chi connectivity index (χ0) is 14.0. The Bertz CT molecular complexity index is 594. The lowest BCUT2D eigenvalue weighted by Gasteiger charge is -2.41. The first kappa shape index (κ1) is 13.4. The minimum Gasteiger partial charge on any atom is -0.398 e. The van der Waals surface area contributed by atoms with Crippen LogP contribution in [0.5, 0.6) is 0 Å². The Morgan fingerprint density at radius 3 is 2.45 bits per heavy atom. The number of hydrogen-bond donors (Lipinski definition) is 2. The second-order valence-corrected chi connectivity index (χ2v) is 6.21. The van der Waals surface area contributed by atoms with Crippen LogP contribution in [0.25, 0.3) is 10.8 Å². The Morgan fingerprint density at radius 2 is 1.85 bits per heavy atom. The van der Waals surface area contributed by atoms with Gasteiger partial charge in [-0.15, -0.1) is 0 Å². The van der Waals surface area contributed by atoms with Gasteiger partial charge in [0.2, 0.25) is 0 Å². The van der Waals surface area contributed by atoms with Crippen molar-refractivity contribution in [3.8, 4) is 0 Å². The summed E-state index contributed by atoms with van der Waals surface area (Å²) in [6.07, 6.45) is 5.44. The van der Waals surface area contributed by atoms with Crippen molar-refractivity contribution in [3.63, 3.8) is 0 Å². The Labute approximate surface area is 121 Å². The molecule has 0 aromatic heterocycles. The number of nitrogens with one attached hydrogen (secondary N) is 1. The van der Waals surface area contributed by atoms with Crippen LogP contribution in [0.3, 0.4) is 0 Å². The van der Waals surface area contributed by atoms with Gasteiger partial charge < -0.3 is 11.1 Å². The predicted octanol–water partition coefficient (Wildman–Crippen LogP) is 4.09. The summed E-state index contributed by atoms with van der Waals surface area (Å²) >= 11 is 0. The summed E-state index contributed by atoms with van der Waals surface area (Å²) < 4.78 is 0. The minimum absolute atomic E-state index is 0.561. The highest BCUT2D eigenvalue weighted by Gasteiger charge is 2.34. The molecule has 0 aliphatic heterocycles. The normalized spacial score (nSPS) is 17.1. The Morgan fingerprint density at radius 1 is 1.15 bits per heavy atom. The molecule has 2 aromatic rings. The third kappa shape index (κ3) is 2.53. The summed E-state index contributed by atoms with van der Waals surface area (Å²) in [7, 11) is 0. The molecule has 2 aromatic carbocycles. The molecule has 0 spiro atoms. The lowest BCUT2D eigenvalue weighted by atomic mass is 9.67. The number of hydrogen-bond acceptors (Lipinski definition) is 2. The van der Waals surface area contributed by atoms with Crippen molar-refractivity contribution in [2.75, 3.05) is 12.3 Å². The maximum Gasteiger partial charge on any atom is 0.0366 e. The number of nitrogens with two attached hydrogens (primary N) is 1. The number of fused-ring (bicyclic) bond motifs is 1. The summed E-state index contributed by atoms with van der Waals surface area (Å²) in [4.78, 5) is 0. The summed E-state index contributed by atoms with van der Waals surface area (Å²) in [6, 6.07) is 12.7. The molecule has 1 saturated carbocycles. The van der Waals surface area contributed by atoms with E-state index < -0.39 is 0 Å². The van der Waals surface area contributed by atoms with Crippen LogP contribution in [-0.2, 0) is 6.54 Å². The van der Waals surface area contributed by atoms with Gasteiger partial charge in [0, 0.05) is 18.8 Å². The monoisotopic (exact) mass is 268 g/mol. The Hall–Kier alpha value is -1.54. The summed E-state index contributed by atoms with van der Waals surface area (Å²) in [5.74, 6) is 0. The molecule has 0 unspecified atom stereocenters. The van der Waals surface area contributed by atoms with Gasteiger partial charge in [0.05, 0.1) is 0 Å². The third-order valence-corrected chi connectivity index (χ3v) is 4.99. The van der Waals surface area contributed by atoms with Gasteiger partial charge in [0.15, 0.2) is 0 Å². The molecule has 2 nitrogen and oxygen atoms in total. The van der Waals surface area contributed by atoms with E-state index in [1.807, 2.05) is 0 Å². The minimum atomic E-state index is 0.561. The highest BCUT2D eigenvalue weighted by Crippen LogP contribution is 2.43. The van der Waals surface area contributed by atoms with Gasteiger partial charge in [-0.2, -0.15) is 0 Å². The van der Waals surface area contributed by atoms with Crippen molar-refractivity contribution in [1.82, 2.24) is 5.32 Å². The smallest absolute Gasteiger partial charge is 0.0366 e. The SMILES string of the molecule is CCC1(CNCc2cc3ccccc3cc2N)CCC1. The van der Waals surface area contributed by atoms with Crippen molar-refractivity contribution in [2.45, 2.75) is 39.2 Å². The maximum absolute atomic E-state index is 6.18. The van der Waals surface area contributed by atoms with Crippen LogP contribution in [0.2, 0.25) is 0 Å². The standard InChI is InChI=1S/C18H24N2/c1-2-18(8-5-9-18)13-20-12-16-10-14-6-3-4-7-15(14)11-17(16)19/h3-4,6-7,10-11,20H,2,5,8-9,12-13,19H2,1H3. The van der Waals surface area contributed by atoms with E-state index in [0.717, 1.165) is 18.8 Å². The molecular weight excluding hydrogens is 244 g/mol. The molecule has 1 aliphatic carbocycles. The van der Waals surface area contributed by atoms with Gasteiger partial charge >= 0.3 is 0 Å². The highest BCUT2D eigenvalue weighted by atomic mass is 14.9. The summed E-state index contributed by atoms with van der Waals surface area (Å²) in [5.41, 5.74) is 8.85. The van der Waals surface area contributed by atoms with Gasteiger partial charge in [-0.1, -0.05) is 37.6 Å². The predicted molar refractivity (Wildman–Crippen MR) is 86.6 cm³/mol. The van der Waals surface area contributed by atoms with E-state index in [0.29, 0.717) is 5.41 Å². The molecule has 1 aliphatic rings. The van der Waals surface area contributed by atoms with E-state index in [-0.39, 0.29) is 0 Å². The fourth-order valence-corrected chi connectivity index (χ4v) is 3.25. The topological polar surface area (TPSA) is 38.0 Å². The van der Waals surface area contributed by atoms with Gasteiger partial charge in [0.25, 0.3) is 0 Å². The van der Waals surface area contributed by atoms with Crippen LogP contribution >= 0.6 is 0 Å². The van der Waals surface area contributed by atoms with E-state index >= 15 is 0 Å². The molecule has 0 atom stereocenters. The molecule has 0 bridgehead atoms. The van der Waals surface area contributed by atoms with E-state index in [1.165, 1.54) is 42.0 Å². The van der Waals surface area contributed by atoms with Gasteiger partial charge in [-0.05, 0) is 53.1 Å². The van der Waals surface area contributed by atoms with Crippen LogP contribution in [0.15, 0.2) is 36.4 Å². The average Bonchev–Trinajstić information content (AvgIpc) is 2.42. The van der Waals surface area contributed by atoms with E-state index in [1.54, 1.807) is 0 Å². The molecule has 20 heavy (non-hydrogen) atoms. The van der Waals surface area contributed by atoms with Crippen LogP contribution in [0, 0.1) is 5.41 Å². The van der Waals surface area contributed by atoms with Crippen LogP contribution in [-0.4, -0.2) is 6.54 Å². The third-order valence-electron chi connectivity index (χ3n) is 4.99. The molecular formula is C18H24N2. The lowest BCUT2D eigenvalue weighted by Crippen LogP contribution is -2.39. The van der Waals surface area contributed by atoms with Gasteiger partial charge in [-0.25, -0.2) is 0 Å². The number of nitrogen functional groups attached to an aromatic ring is 1. The van der Waals surface area contributed by atoms with E-state index in [9.17, 15) is 0 Å². The zero-order valence-electron chi connectivity index (χ0n) is 12.3. The summed E-state index contributed by atoms with van der Waals surface area (Å²) in [5, 5.41) is 6.11. The molecule has 0 saturated heterocycles. The van der Waals surface area contributed by atoms with Crippen molar-refractivity contribution in [2.24, 2.45) is 5.41 Å². The Balaban J connectivity index is 1.69. The summed E-state index contributed by atoms with van der Waals surface area (Å²) in [6.45, 7) is 4.30. The molecule has 0 heterocycles. The van der Waals surface area contributed by atoms with Crippen LogP contribution in [0.4, 0.5) is 5.69 Å². The van der Waals surface area contributed by atoms with Crippen molar-refractivity contribution < 1.29 is 0 Å². The molecule has 106 valence electrons. The number of benzene rings is 2. The molecule has 3 rings (SSSR count). The second kappa shape index (κ2) is 5.45. The first-order valence-corrected chi connectivity index (χ1v) is 7.70. The first-order chi connectivity index (χ1) is 9.72. The average molecular weight is 268 g/mol. The fraction of sp³-hybridized carbons (Fsp3) is 0.444. The van der Waals surface area contributed by atoms with Gasteiger partial charge in [-0.3, -0.25) is 0 Å². The molecule has 0 amide bonds. The van der Waals surface area contributed by atoms with Gasteiger partial charge in [0.1, 0.15) is 0 Å². The van der Waals surface area contributed by atoms with E-state index in [4.69, 9.17) is 5.73 Å². The maximum atomic E-state index is 6.18. The number of rotatable bonds is 5. The number of anilines is 1.